The Bertz CT molecular complexity index is 734. The van der Waals surface area contributed by atoms with E-state index in [1.54, 1.807) is 0 Å². The Kier molecular flexibility index (Phi) is 3.90. The monoisotopic (exact) mass is 322 g/mol. The molecule has 7 heteroatoms. The van der Waals surface area contributed by atoms with Crippen LogP contribution in [0, 0.1) is 0 Å². The fraction of sp³-hybridized carbons (Fsp3) is 0.467. The zero-order chi connectivity index (χ0) is 15.6. The molecule has 1 aromatic carbocycles. The first-order valence-corrected chi connectivity index (χ1v) is 9.11. The van der Waals surface area contributed by atoms with E-state index in [1.807, 2.05) is 30.3 Å². The van der Waals surface area contributed by atoms with Gasteiger partial charge in [0.2, 0.25) is 11.7 Å². The van der Waals surface area contributed by atoms with Crippen LogP contribution in [0.2, 0.25) is 0 Å². The molecule has 1 aliphatic rings. The second-order valence-corrected chi connectivity index (χ2v) is 7.92. The average Bonchev–Trinajstić information content (AvgIpc) is 3.15. The van der Waals surface area contributed by atoms with Gasteiger partial charge in [-0.25, -0.2) is 8.42 Å². The predicted molar refractivity (Wildman–Crippen MR) is 80.1 cm³/mol. The highest BCUT2D eigenvalue weighted by Crippen LogP contribution is 2.44. The largest absolute Gasteiger partial charge is 0.485 e. The van der Waals surface area contributed by atoms with Crippen LogP contribution in [0.1, 0.15) is 37.4 Å². The molecule has 0 bridgehead atoms. The second kappa shape index (κ2) is 5.72. The first-order valence-electron chi connectivity index (χ1n) is 7.22. The molecule has 0 saturated heterocycles. The Hall–Kier alpha value is -1.89. The van der Waals surface area contributed by atoms with E-state index in [2.05, 4.69) is 10.1 Å². The summed E-state index contributed by atoms with van der Waals surface area (Å²) in [5, 5.41) is 3.86. The number of nitrogens with zero attached hydrogens (tertiary/aromatic N) is 2. The van der Waals surface area contributed by atoms with E-state index in [4.69, 9.17) is 9.26 Å². The quantitative estimate of drug-likeness (QED) is 0.841. The first kappa shape index (κ1) is 15.0. The normalized spacial score (nSPS) is 17.5. The summed E-state index contributed by atoms with van der Waals surface area (Å²) in [5.41, 5.74) is 0. The minimum atomic E-state index is -3.31. The molecule has 22 heavy (non-hydrogen) atoms. The molecule has 1 aromatic heterocycles. The molecule has 0 spiro atoms. The van der Waals surface area contributed by atoms with Crippen LogP contribution >= 0.6 is 0 Å². The van der Waals surface area contributed by atoms with Crippen LogP contribution in [0.5, 0.6) is 5.75 Å². The number of hydrogen-bond acceptors (Lipinski definition) is 6. The predicted octanol–water partition coefficient (Wildman–Crippen LogP) is 2.46. The maximum atomic E-state index is 12.2. The van der Waals surface area contributed by atoms with E-state index < -0.39 is 14.6 Å². The Morgan fingerprint density at radius 1 is 1.23 bits per heavy atom. The van der Waals surface area contributed by atoms with Gasteiger partial charge in [-0.05, 0) is 25.0 Å². The first-order chi connectivity index (χ1) is 10.5. The van der Waals surface area contributed by atoms with E-state index in [-0.39, 0.29) is 12.5 Å². The van der Waals surface area contributed by atoms with Crippen LogP contribution in [0.4, 0.5) is 0 Å². The van der Waals surface area contributed by atoms with Crippen molar-refractivity contribution in [3.63, 3.8) is 0 Å². The number of hydrogen-bond donors (Lipinski definition) is 0. The van der Waals surface area contributed by atoms with Crippen LogP contribution in [0.15, 0.2) is 34.9 Å². The summed E-state index contributed by atoms with van der Waals surface area (Å²) in [6.07, 6.45) is 4.01. The highest BCUT2D eigenvalue weighted by atomic mass is 32.2. The van der Waals surface area contributed by atoms with Crippen molar-refractivity contribution in [2.45, 2.75) is 37.0 Å². The second-order valence-electron chi connectivity index (χ2n) is 5.59. The van der Waals surface area contributed by atoms with Gasteiger partial charge in [-0.3, -0.25) is 0 Å². The lowest BCUT2D eigenvalue weighted by molar-refractivity contribution is 0.282. The van der Waals surface area contributed by atoms with Gasteiger partial charge >= 0.3 is 0 Å². The molecule has 0 radical (unpaired) electrons. The molecule has 3 rings (SSSR count). The van der Waals surface area contributed by atoms with Crippen LogP contribution in [0.3, 0.4) is 0 Å². The molecule has 1 fully saturated rings. The summed E-state index contributed by atoms with van der Waals surface area (Å²) in [5.74, 6) is 1.25. The molecular weight excluding hydrogens is 304 g/mol. The Labute approximate surface area is 129 Å². The van der Waals surface area contributed by atoms with Gasteiger partial charge in [0.25, 0.3) is 0 Å². The Morgan fingerprint density at radius 3 is 2.55 bits per heavy atom. The lowest BCUT2D eigenvalue weighted by Gasteiger charge is -2.21. The summed E-state index contributed by atoms with van der Waals surface area (Å²) in [4.78, 5) is 4.26. The van der Waals surface area contributed by atoms with Crippen molar-refractivity contribution < 1.29 is 17.7 Å². The van der Waals surface area contributed by atoms with E-state index in [0.717, 1.165) is 12.8 Å². The van der Waals surface area contributed by atoms with E-state index in [1.165, 1.54) is 6.26 Å². The number of aromatic nitrogens is 2. The van der Waals surface area contributed by atoms with Crippen molar-refractivity contribution in [1.82, 2.24) is 10.1 Å². The molecule has 1 saturated carbocycles. The van der Waals surface area contributed by atoms with Crippen molar-refractivity contribution >= 4 is 9.84 Å². The van der Waals surface area contributed by atoms with Crippen LogP contribution in [-0.2, 0) is 21.2 Å². The van der Waals surface area contributed by atoms with Crippen molar-refractivity contribution in [3.05, 3.63) is 42.0 Å². The zero-order valence-corrected chi connectivity index (χ0v) is 13.2. The van der Waals surface area contributed by atoms with Crippen molar-refractivity contribution in [1.29, 1.82) is 0 Å². The fourth-order valence-electron chi connectivity index (χ4n) is 2.85. The standard InChI is InChI=1S/C15H18N2O4S/c1-22(18,19)15(9-5-6-10-15)14-16-13(17-21-14)11-20-12-7-3-2-4-8-12/h2-4,7-8H,5-6,9-11H2,1H3. The molecule has 0 aliphatic heterocycles. The topological polar surface area (TPSA) is 82.3 Å². The molecule has 2 aromatic rings. The highest BCUT2D eigenvalue weighted by molar-refractivity contribution is 7.91. The summed E-state index contributed by atoms with van der Waals surface area (Å²) < 4.78 is 34.1. The molecule has 0 amide bonds. The molecule has 0 atom stereocenters. The van der Waals surface area contributed by atoms with Crippen molar-refractivity contribution in [2.24, 2.45) is 0 Å². The van der Waals surface area contributed by atoms with Gasteiger partial charge in [0.05, 0.1) is 0 Å². The highest BCUT2D eigenvalue weighted by Gasteiger charge is 2.49. The van der Waals surface area contributed by atoms with Gasteiger partial charge in [-0.1, -0.05) is 36.2 Å². The maximum Gasteiger partial charge on any atom is 0.248 e. The van der Waals surface area contributed by atoms with Gasteiger partial charge in [0.1, 0.15) is 5.75 Å². The molecule has 6 nitrogen and oxygen atoms in total. The summed E-state index contributed by atoms with van der Waals surface area (Å²) in [6.45, 7) is 0.146. The molecule has 1 aliphatic carbocycles. The number of sulfone groups is 1. The van der Waals surface area contributed by atoms with Crippen LogP contribution in [0.25, 0.3) is 0 Å². The van der Waals surface area contributed by atoms with Gasteiger partial charge in [-0.15, -0.1) is 0 Å². The SMILES string of the molecule is CS(=O)(=O)C1(c2nc(COc3ccccc3)no2)CCCC1. The third-order valence-electron chi connectivity index (χ3n) is 4.09. The lowest BCUT2D eigenvalue weighted by atomic mass is 10.1. The number of para-hydroxylation sites is 1. The van der Waals surface area contributed by atoms with Gasteiger partial charge < -0.3 is 9.26 Å². The van der Waals surface area contributed by atoms with Crippen LogP contribution in [-0.4, -0.2) is 24.8 Å². The summed E-state index contributed by atoms with van der Waals surface area (Å²) >= 11 is 0. The molecule has 118 valence electrons. The Morgan fingerprint density at radius 2 is 1.91 bits per heavy atom. The summed E-state index contributed by atoms with van der Waals surface area (Å²) in [7, 11) is -3.31. The van der Waals surface area contributed by atoms with Gasteiger partial charge in [0.15, 0.2) is 21.2 Å². The number of rotatable bonds is 5. The average molecular weight is 322 g/mol. The molecule has 0 N–H and O–H groups in total. The smallest absolute Gasteiger partial charge is 0.248 e. The van der Waals surface area contributed by atoms with E-state index in [9.17, 15) is 8.42 Å². The van der Waals surface area contributed by atoms with Crippen molar-refractivity contribution in [2.75, 3.05) is 6.26 Å². The molecule has 0 unspecified atom stereocenters. The maximum absolute atomic E-state index is 12.2. The third-order valence-corrected chi connectivity index (χ3v) is 6.09. The number of ether oxygens (including phenoxy) is 1. The van der Waals surface area contributed by atoms with Gasteiger partial charge in [-0.2, -0.15) is 4.98 Å². The third kappa shape index (κ3) is 2.72. The fourth-order valence-corrected chi connectivity index (χ4v) is 4.28. The van der Waals surface area contributed by atoms with Crippen LogP contribution < -0.4 is 4.74 Å². The minimum absolute atomic E-state index is 0.146. The Balaban J connectivity index is 1.78. The number of benzene rings is 1. The lowest BCUT2D eigenvalue weighted by Crippen LogP contribution is -2.32. The minimum Gasteiger partial charge on any atom is -0.485 e. The molecular formula is C15H18N2O4S. The molecule has 1 heterocycles. The van der Waals surface area contributed by atoms with Gasteiger partial charge in [0, 0.05) is 6.26 Å². The zero-order valence-electron chi connectivity index (χ0n) is 12.4. The summed E-state index contributed by atoms with van der Waals surface area (Å²) in [6, 6.07) is 9.30. The van der Waals surface area contributed by atoms with Crippen molar-refractivity contribution in [3.8, 4) is 5.75 Å². The van der Waals surface area contributed by atoms with E-state index in [0.29, 0.717) is 24.4 Å². The van der Waals surface area contributed by atoms with E-state index >= 15 is 0 Å².